The van der Waals surface area contributed by atoms with Gasteiger partial charge in [-0.15, -0.1) is 0 Å². The van der Waals surface area contributed by atoms with Crippen molar-refractivity contribution in [1.29, 1.82) is 0 Å². The first-order valence-corrected chi connectivity index (χ1v) is 4.70. The van der Waals surface area contributed by atoms with Gasteiger partial charge in [0.1, 0.15) is 12.1 Å². The molecule has 1 heterocycles. The highest BCUT2D eigenvalue weighted by Gasteiger charge is 2.06. The van der Waals surface area contributed by atoms with Crippen molar-refractivity contribution in [1.82, 2.24) is 9.97 Å². The number of hydrogen-bond donors (Lipinski definition) is 1. The number of nitrogens with one attached hydrogen (secondary N) is 1. The van der Waals surface area contributed by atoms with E-state index in [9.17, 15) is 0 Å². The zero-order chi connectivity index (χ0) is 9.68. The van der Waals surface area contributed by atoms with Gasteiger partial charge in [0, 0.05) is 12.7 Å². The summed E-state index contributed by atoms with van der Waals surface area (Å²) in [5.74, 6) is 2.27. The zero-order valence-electron chi connectivity index (χ0n) is 8.49. The molecule has 1 atom stereocenters. The van der Waals surface area contributed by atoms with E-state index in [1.165, 1.54) is 0 Å². The van der Waals surface area contributed by atoms with Gasteiger partial charge >= 0.3 is 0 Å². The van der Waals surface area contributed by atoms with Crippen molar-refractivity contribution in [3.63, 3.8) is 0 Å². The average Bonchev–Trinajstić information content (AvgIpc) is 2.15. The topological polar surface area (TPSA) is 37.8 Å². The van der Waals surface area contributed by atoms with Gasteiger partial charge in [0.2, 0.25) is 0 Å². The Morgan fingerprint density at radius 2 is 2.15 bits per heavy atom. The summed E-state index contributed by atoms with van der Waals surface area (Å²) in [7, 11) is 0. The molecule has 0 aliphatic rings. The fraction of sp³-hybridized carbons (Fsp3) is 0.600. The first-order valence-electron chi connectivity index (χ1n) is 4.70. The van der Waals surface area contributed by atoms with Crippen molar-refractivity contribution in [2.45, 2.75) is 20.8 Å². The van der Waals surface area contributed by atoms with Crippen molar-refractivity contribution in [3.05, 3.63) is 18.6 Å². The lowest BCUT2D eigenvalue weighted by atomic mass is 9.98. The van der Waals surface area contributed by atoms with Gasteiger partial charge < -0.3 is 5.32 Å². The monoisotopic (exact) mass is 179 g/mol. The third kappa shape index (κ3) is 3.40. The maximum absolute atomic E-state index is 4.09. The van der Waals surface area contributed by atoms with E-state index in [4.69, 9.17) is 0 Å². The summed E-state index contributed by atoms with van der Waals surface area (Å²) in [5.41, 5.74) is 0. The van der Waals surface area contributed by atoms with Crippen molar-refractivity contribution >= 4 is 5.82 Å². The molecule has 1 aromatic rings. The molecule has 1 N–H and O–H groups in total. The van der Waals surface area contributed by atoms with Gasteiger partial charge in [-0.25, -0.2) is 9.97 Å². The van der Waals surface area contributed by atoms with E-state index in [1.807, 2.05) is 6.07 Å². The van der Waals surface area contributed by atoms with Crippen LogP contribution in [-0.4, -0.2) is 16.5 Å². The molecule has 0 radical (unpaired) electrons. The Balaban J connectivity index is 2.35. The number of aromatic nitrogens is 2. The van der Waals surface area contributed by atoms with Crippen molar-refractivity contribution in [3.8, 4) is 0 Å². The van der Waals surface area contributed by atoms with Crippen LogP contribution in [0.1, 0.15) is 20.8 Å². The number of rotatable bonds is 4. The number of anilines is 1. The Bertz CT molecular complexity index is 233. The van der Waals surface area contributed by atoms with Crippen LogP contribution in [0.5, 0.6) is 0 Å². The highest BCUT2D eigenvalue weighted by molar-refractivity contribution is 5.31. The largest absolute Gasteiger partial charge is 0.370 e. The SMILES string of the molecule is CC(C)C(C)CNc1ccncn1. The molecule has 0 aromatic carbocycles. The van der Waals surface area contributed by atoms with Crippen molar-refractivity contribution < 1.29 is 0 Å². The van der Waals surface area contributed by atoms with Crippen molar-refractivity contribution in [2.75, 3.05) is 11.9 Å². The molecule has 1 unspecified atom stereocenters. The van der Waals surface area contributed by atoms with Gasteiger partial charge in [0.05, 0.1) is 0 Å². The quantitative estimate of drug-likeness (QED) is 0.769. The fourth-order valence-electron chi connectivity index (χ4n) is 0.897. The predicted molar refractivity (Wildman–Crippen MR) is 54.5 cm³/mol. The Hall–Kier alpha value is -1.12. The van der Waals surface area contributed by atoms with Gasteiger partial charge in [-0.05, 0) is 17.9 Å². The molecule has 0 bridgehead atoms. The van der Waals surface area contributed by atoms with Gasteiger partial charge in [0.15, 0.2) is 0 Å². The van der Waals surface area contributed by atoms with Crippen molar-refractivity contribution in [2.24, 2.45) is 11.8 Å². The molecule has 1 rings (SSSR count). The van der Waals surface area contributed by atoms with E-state index in [0.717, 1.165) is 12.4 Å². The molecule has 0 amide bonds. The summed E-state index contributed by atoms with van der Waals surface area (Å²) in [6.45, 7) is 7.66. The molecule has 13 heavy (non-hydrogen) atoms. The highest BCUT2D eigenvalue weighted by atomic mass is 15.0. The maximum Gasteiger partial charge on any atom is 0.129 e. The van der Waals surface area contributed by atoms with Gasteiger partial charge in [0.25, 0.3) is 0 Å². The standard InChI is InChI=1S/C10H17N3/c1-8(2)9(3)6-12-10-4-5-11-7-13-10/h4-5,7-9H,6H2,1-3H3,(H,11,12,13). The molecule has 0 saturated carbocycles. The molecule has 0 aliphatic heterocycles. The summed E-state index contributed by atoms with van der Waals surface area (Å²) in [4.78, 5) is 7.94. The van der Waals surface area contributed by atoms with E-state index in [0.29, 0.717) is 11.8 Å². The minimum absolute atomic E-state index is 0.662. The van der Waals surface area contributed by atoms with Crippen LogP contribution >= 0.6 is 0 Å². The summed E-state index contributed by atoms with van der Waals surface area (Å²) < 4.78 is 0. The van der Waals surface area contributed by atoms with Crippen LogP contribution in [0.3, 0.4) is 0 Å². The second-order valence-electron chi connectivity index (χ2n) is 3.70. The van der Waals surface area contributed by atoms with E-state index in [-0.39, 0.29) is 0 Å². The molecule has 72 valence electrons. The third-order valence-electron chi connectivity index (χ3n) is 2.33. The molecular formula is C10H17N3. The first kappa shape index (κ1) is 9.96. The molecule has 0 spiro atoms. The maximum atomic E-state index is 4.09. The normalized spacial score (nSPS) is 12.9. The van der Waals surface area contributed by atoms with Crippen LogP contribution in [0.15, 0.2) is 18.6 Å². The molecule has 3 heteroatoms. The van der Waals surface area contributed by atoms with Gasteiger partial charge in [-0.3, -0.25) is 0 Å². The second-order valence-corrected chi connectivity index (χ2v) is 3.70. The Morgan fingerprint density at radius 1 is 1.38 bits per heavy atom. The minimum Gasteiger partial charge on any atom is -0.370 e. The van der Waals surface area contributed by atoms with E-state index >= 15 is 0 Å². The zero-order valence-corrected chi connectivity index (χ0v) is 8.49. The molecule has 0 saturated heterocycles. The molecular weight excluding hydrogens is 162 g/mol. The summed E-state index contributed by atoms with van der Waals surface area (Å²) in [5, 5.41) is 3.27. The third-order valence-corrected chi connectivity index (χ3v) is 2.33. The van der Waals surface area contributed by atoms with Crippen LogP contribution in [0.25, 0.3) is 0 Å². The molecule has 0 aliphatic carbocycles. The first-order chi connectivity index (χ1) is 6.20. The van der Waals surface area contributed by atoms with Crippen LogP contribution in [0.2, 0.25) is 0 Å². The smallest absolute Gasteiger partial charge is 0.129 e. The summed E-state index contributed by atoms with van der Waals surface area (Å²) in [6, 6.07) is 1.88. The van der Waals surface area contributed by atoms with Crippen LogP contribution in [0, 0.1) is 11.8 Å². The Kier molecular flexibility index (Phi) is 3.68. The molecule has 3 nitrogen and oxygen atoms in total. The van der Waals surface area contributed by atoms with E-state index in [2.05, 4.69) is 36.1 Å². The summed E-state index contributed by atoms with van der Waals surface area (Å²) in [6.07, 6.45) is 3.30. The predicted octanol–water partition coefficient (Wildman–Crippen LogP) is 2.18. The van der Waals surface area contributed by atoms with E-state index < -0.39 is 0 Å². The second kappa shape index (κ2) is 4.80. The Labute approximate surface area is 79.6 Å². The lowest BCUT2D eigenvalue weighted by molar-refractivity contribution is 0.439. The highest BCUT2D eigenvalue weighted by Crippen LogP contribution is 2.10. The Morgan fingerprint density at radius 3 is 2.69 bits per heavy atom. The summed E-state index contributed by atoms with van der Waals surface area (Å²) >= 11 is 0. The lowest BCUT2D eigenvalue weighted by Crippen LogP contribution is -2.16. The molecule has 0 fully saturated rings. The lowest BCUT2D eigenvalue weighted by Gasteiger charge is -2.15. The van der Waals surface area contributed by atoms with Crippen LogP contribution in [-0.2, 0) is 0 Å². The number of nitrogens with zero attached hydrogens (tertiary/aromatic N) is 2. The number of hydrogen-bond acceptors (Lipinski definition) is 3. The molecule has 1 aromatic heterocycles. The van der Waals surface area contributed by atoms with Gasteiger partial charge in [-0.2, -0.15) is 0 Å². The van der Waals surface area contributed by atoms with Gasteiger partial charge in [-0.1, -0.05) is 20.8 Å². The average molecular weight is 179 g/mol. The van der Waals surface area contributed by atoms with E-state index in [1.54, 1.807) is 12.5 Å². The van der Waals surface area contributed by atoms with Crippen LogP contribution < -0.4 is 5.32 Å². The van der Waals surface area contributed by atoms with Crippen LogP contribution in [0.4, 0.5) is 5.82 Å². The minimum atomic E-state index is 0.662. The fourth-order valence-corrected chi connectivity index (χ4v) is 0.897.